The fraction of sp³-hybridized carbons (Fsp3) is 0.742. The van der Waals surface area contributed by atoms with Crippen LogP contribution in [0.2, 0.25) is 0 Å². The number of cyclic esters (lactones) is 1. The molecule has 0 spiro atoms. The van der Waals surface area contributed by atoms with E-state index >= 15 is 0 Å². The fourth-order valence-corrected chi connectivity index (χ4v) is 5.38. The van der Waals surface area contributed by atoms with Gasteiger partial charge in [-0.05, 0) is 51.7 Å². The lowest BCUT2D eigenvalue weighted by Crippen LogP contribution is -2.49. The summed E-state index contributed by atoms with van der Waals surface area (Å²) in [6, 6.07) is -0.664. The molecule has 2 aliphatic rings. The van der Waals surface area contributed by atoms with Gasteiger partial charge in [-0.2, -0.15) is 0 Å². The molecule has 0 saturated carbocycles. The third-order valence-electron chi connectivity index (χ3n) is 8.26. The molecule has 1 saturated heterocycles. The average Bonchev–Trinajstić information content (AvgIpc) is 3.68. The quantitative estimate of drug-likeness (QED) is 0.131. The van der Waals surface area contributed by atoms with Gasteiger partial charge in [0.15, 0.2) is 0 Å². The maximum absolute atomic E-state index is 12.7. The number of epoxide rings is 1. The van der Waals surface area contributed by atoms with Crippen LogP contribution in [0.4, 0.5) is 0 Å². The van der Waals surface area contributed by atoms with Crippen LogP contribution in [-0.4, -0.2) is 88.2 Å². The molecule has 2 aliphatic heterocycles. The van der Waals surface area contributed by atoms with Crippen LogP contribution < -0.4 is 5.73 Å². The van der Waals surface area contributed by atoms with Gasteiger partial charge in [0, 0.05) is 25.9 Å². The average molecular weight is 582 g/mol. The van der Waals surface area contributed by atoms with Gasteiger partial charge < -0.3 is 40.0 Å². The van der Waals surface area contributed by atoms with Crippen LogP contribution in [0.25, 0.3) is 0 Å². The molecule has 0 amide bonds. The lowest BCUT2D eigenvalue weighted by atomic mass is 9.87. The number of rotatable bonds is 10. The smallest absolute Gasteiger partial charge is 0.309 e. The van der Waals surface area contributed by atoms with Crippen molar-refractivity contribution >= 4 is 11.9 Å². The van der Waals surface area contributed by atoms with Gasteiger partial charge >= 0.3 is 11.9 Å². The SMILES string of the molecule is CC[C@H](OC)[C@@H](C)[C@H]1O[C@@H]1C(N)C(C)(O)C=CC=C(C)C1OC(=O)C[C@H](O)CC[C@@](C)(O)[C@@H](OC(C)=O)C=C[C@@H]1C. The number of carbonyl (C=O) groups excluding carboxylic acids is 2. The Labute approximate surface area is 244 Å². The first-order valence-electron chi connectivity index (χ1n) is 14.5. The number of allylic oxidation sites excluding steroid dienone is 2. The zero-order chi connectivity index (χ0) is 31.1. The summed E-state index contributed by atoms with van der Waals surface area (Å²) < 4.78 is 22.5. The number of nitrogens with two attached hydrogens (primary N) is 1. The van der Waals surface area contributed by atoms with Crippen LogP contribution in [0.15, 0.2) is 36.0 Å². The van der Waals surface area contributed by atoms with E-state index in [0.717, 1.165) is 6.42 Å². The molecular formula is C31H51NO9. The van der Waals surface area contributed by atoms with E-state index in [2.05, 4.69) is 13.8 Å². The van der Waals surface area contributed by atoms with Gasteiger partial charge in [-0.15, -0.1) is 0 Å². The summed E-state index contributed by atoms with van der Waals surface area (Å²) >= 11 is 0. The fourth-order valence-electron chi connectivity index (χ4n) is 5.38. The maximum atomic E-state index is 12.7. The van der Waals surface area contributed by atoms with Crippen molar-refractivity contribution in [2.75, 3.05) is 7.11 Å². The number of aliphatic hydroxyl groups is 3. The number of ether oxygens (including phenoxy) is 4. The van der Waals surface area contributed by atoms with E-state index in [1.165, 1.54) is 13.8 Å². The van der Waals surface area contributed by atoms with Crippen molar-refractivity contribution in [2.45, 2.75) is 128 Å². The van der Waals surface area contributed by atoms with Gasteiger partial charge in [-0.3, -0.25) is 9.59 Å². The Morgan fingerprint density at radius 3 is 2.56 bits per heavy atom. The molecule has 0 aromatic carbocycles. The van der Waals surface area contributed by atoms with E-state index in [0.29, 0.717) is 5.57 Å². The second-order valence-corrected chi connectivity index (χ2v) is 12.1. The third kappa shape index (κ3) is 10.0. The second kappa shape index (κ2) is 14.9. The number of hydrogen-bond donors (Lipinski definition) is 4. The topological polar surface area (TPSA) is 161 Å². The molecule has 2 heterocycles. The van der Waals surface area contributed by atoms with Crippen LogP contribution in [0.3, 0.4) is 0 Å². The van der Waals surface area contributed by atoms with Gasteiger partial charge in [0.25, 0.3) is 0 Å². The highest BCUT2D eigenvalue weighted by Crippen LogP contribution is 2.37. The summed E-state index contributed by atoms with van der Waals surface area (Å²) in [5.41, 5.74) is 4.27. The molecule has 234 valence electrons. The normalized spacial score (nSPS) is 35.4. The van der Waals surface area contributed by atoms with Crippen LogP contribution in [0.1, 0.15) is 74.1 Å². The zero-order valence-electron chi connectivity index (χ0n) is 25.8. The lowest BCUT2D eigenvalue weighted by molar-refractivity contribution is -0.157. The minimum atomic E-state index is -1.44. The van der Waals surface area contributed by atoms with Crippen LogP contribution in [-0.2, 0) is 28.5 Å². The van der Waals surface area contributed by atoms with Crippen molar-refractivity contribution in [3.8, 4) is 0 Å². The van der Waals surface area contributed by atoms with E-state index in [1.807, 2.05) is 6.92 Å². The Morgan fingerprint density at radius 2 is 1.98 bits per heavy atom. The van der Waals surface area contributed by atoms with Crippen molar-refractivity contribution < 1.29 is 43.9 Å². The van der Waals surface area contributed by atoms with Gasteiger partial charge in [0.1, 0.15) is 23.9 Å². The van der Waals surface area contributed by atoms with Crippen LogP contribution in [0, 0.1) is 11.8 Å². The Hall–Kier alpha value is -2.08. The summed E-state index contributed by atoms with van der Waals surface area (Å²) in [5.74, 6) is -1.35. The predicted molar refractivity (Wildman–Crippen MR) is 155 cm³/mol. The van der Waals surface area contributed by atoms with Gasteiger partial charge in [0.05, 0.1) is 36.4 Å². The number of esters is 2. The Kier molecular flexibility index (Phi) is 12.8. The van der Waals surface area contributed by atoms with Crippen molar-refractivity contribution in [2.24, 2.45) is 17.6 Å². The monoisotopic (exact) mass is 581 g/mol. The molecule has 0 aromatic rings. The molecule has 0 aromatic heterocycles. The number of methoxy groups -OCH3 is 1. The molecule has 41 heavy (non-hydrogen) atoms. The number of hydrogen-bond acceptors (Lipinski definition) is 10. The Bertz CT molecular complexity index is 969. The van der Waals surface area contributed by atoms with Crippen molar-refractivity contribution in [1.82, 2.24) is 0 Å². The first-order chi connectivity index (χ1) is 19.0. The zero-order valence-corrected chi connectivity index (χ0v) is 25.8. The lowest BCUT2D eigenvalue weighted by Gasteiger charge is -2.32. The molecule has 10 heteroatoms. The molecule has 0 aliphatic carbocycles. The Balaban J connectivity index is 2.22. The van der Waals surface area contributed by atoms with E-state index in [4.69, 9.17) is 24.7 Å². The highest BCUT2D eigenvalue weighted by molar-refractivity contribution is 5.70. The first kappa shape index (κ1) is 35.1. The summed E-state index contributed by atoms with van der Waals surface area (Å²) in [6.07, 6.45) is 6.13. The molecular weight excluding hydrogens is 530 g/mol. The largest absolute Gasteiger partial charge is 0.457 e. The van der Waals surface area contributed by atoms with Crippen LogP contribution in [0.5, 0.6) is 0 Å². The van der Waals surface area contributed by atoms with E-state index in [-0.39, 0.29) is 49.4 Å². The number of carbonyl (C=O) groups is 2. The van der Waals surface area contributed by atoms with Crippen molar-refractivity contribution in [3.63, 3.8) is 0 Å². The van der Waals surface area contributed by atoms with Gasteiger partial charge in [0.2, 0.25) is 0 Å². The molecule has 3 unspecified atom stereocenters. The summed E-state index contributed by atoms with van der Waals surface area (Å²) in [4.78, 5) is 24.4. The summed E-state index contributed by atoms with van der Waals surface area (Å²) in [6.45, 7) is 12.2. The van der Waals surface area contributed by atoms with Gasteiger partial charge in [-0.1, -0.05) is 45.1 Å². The molecule has 2 rings (SSSR count). The minimum Gasteiger partial charge on any atom is -0.457 e. The summed E-state index contributed by atoms with van der Waals surface area (Å²) in [7, 11) is 1.68. The van der Waals surface area contributed by atoms with E-state index < -0.39 is 47.5 Å². The molecule has 5 N–H and O–H groups in total. The molecule has 1 fully saturated rings. The Morgan fingerprint density at radius 1 is 1.32 bits per heavy atom. The molecule has 10 nitrogen and oxygen atoms in total. The van der Waals surface area contributed by atoms with Crippen molar-refractivity contribution in [3.05, 3.63) is 36.0 Å². The predicted octanol–water partition coefficient (Wildman–Crippen LogP) is 2.73. The molecule has 11 atom stereocenters. The maximum Gasteiger partial charge on any atom is 0.309 e. The third-order valence-corrected chi connectivity index (χ3v) is 8.26. The second-order valence-electron chi connectivity index (χ2n) is 12.1. The minimum absolute atomic E-state index is 0.0458. The number of aliphatic hydroxyl groups excluding tert-OH is 1. The van der Waals surface area contributed by atoms with E-state index in [1.54, 1.807) is 51.3 Å². The van der Waals surface area contributed by atoms with Crippen molar-refractivity contribution in [1.29, 1.82) is 0 Å². The highest BCUT2D eigenvalue weighted by atomic mass is 16.6. The van der Waals surface area contributed by atoms with E-state index in [9.17, 15) is 24.9 Å². The first-order valence-corrected chi connectivity index (χ1v) is 14.5. The van der Waals surface area contributed by atoms with Crippen LogP contribution >= 0.6 is 0 Å². The summed E-state index contributed by atoms with van der Waals surface area (Å²) in [5, 5.41) is 32.5. The molecule has 0 bridgehead atoms. The highest BCUT2D eigenvalue weighted by Gasteiger charge is 2.52. The standard InChI is InChI=1S/C31H51NO9/c1-9-23(38-8)20(4)27-28(41-27)29(32)31(7,37)15-10-11-18(2)26-19(3)12-13-24(39-21(5)33)30(6,36)16-14-22(34)17-25(35)40-26/h10-13,15,19-20,22-24,26-29,34,36-37H,9,14,16-17,32H2,1-8H3/t19-,20+,22+,23-,24-,26?,27+,28-,29?,30+,31?/m0/s1. The van der Waals surface area contributed by atoms with Gasteiger partial charge in [-0.25, -0.2) is 0 Å². The molecule has 0 radical (unpaired) electrons.